The van der Waals surface area contributed by atoms with E-state index >= 15 is 0 Å². The minimum atomic E-state index is -2.40. The zero-order valence-electron chi connectivity index (χ0n) is 8.09. The number of nitrogens with one attached hydrogen (secondary N) is 1. The second-order valence-corrected chi connectivity index (χ2v) is 3.52. The molecule has 1 saturated carbocycles. The molecule has 0 aromatic rings. The lowest BCUT2D eigenvalue weighted by Gasteiger charge is -2.16. The molecule has 0 aromatic carbocycles. The minimum Gasteiger partial charge on any atom is -0.392 e. The molecule has 0 aromatic heterocycles. The first kappa shape index (κ1) is 11.8. The van der Waals surface area contributed by atoms with Crippen LogP contribution in [0.1, 0.15) is 19.3 Å². The molecule has 2 atom stereocenters. The monoisotopic (exact) mass is 209 g/mol. The van der Waals surface area contributed by atoms with Gasteiger partial charge in [0.2, 0.25) is 0 Å². The summed E-state index contributed by atoms with van der Waals surface area (Å²) < 4.78 is 28.0. The molecular formula is C9H17F2NO2. The van der Waals surface area contributed by atoms with Crippen LogP contribution < -0.4 is 5.32 Å². The van der Waals surface area contributed by atoms with E-state index in [4.69, 9.17) is 4.74 Å². The van der Waals surface area contributed by atoms with Crippen molar-refractivity contribution in [2.45, 2.75) is 37.8 Å². The van der Waals surface area contributed by atoms with Crippen molar-refractivity contribution in [2.75, 3.05) is 19.8 Å². The Morgan fingerprint density at radius 3 is 2.79 bits per heavy atom. The Hall–Kier alpha value is -0.260. The van der Waals surface area contributed by atoms with Crippen LogP contribution in [-0.4, -0.2) is 43.4 Å². The molecule has 1 aliphatic carbocycles. The van der Waals surface area contributed by atoms with Gasteiger partial charge in [0, 0.05) is 12.6 Å². The quantitative estimate of drug-likeness (QED) is 0.635. The number of alkyl halides is 2. The molecule has 1 fully saturated rings. The Bertz CT molecular complexity index is 158. The van der Waals surface area contributed by atoms with Gasteiger partial charge >= 0.3 is 0 Å². The molecular weight excluding hydrogens is 192 g/mol. The average Bonchev–Trinajstić information content (AvgIpc) is 2.51. The van der Waals surface area contributed by atoms with Crippen LogP contribution in [0.25, 0.3) is 0 Å². The van der Waals surface area contributed by atoms with Gasteiger partial charge in [-0.2, -0.15) is 0 Å². The van der Waals surface area contributed by atoms with Crippen LogP contribution in [0.5, 0.6) is 0 Å². The number of halogens is 2. The highest BCUT2D eigenvalue weighted by molar-refractivity contribution is 4.82. The molecule has 0 aliphatic heterocycles. The van der Waals surface area contributed by atoms with Gasteiger partial charge in [-0.3, -0.25) is 0 Å². The van der Waals surface area contributed by atoms with Gasteiger partial charge in [-0.1, -0.05) is 0 Å². The van der Waals surface area contributed by atoms with Crippen molar-refractivity contribution in [2.24, 2.45) is 0 Å². The second-order valence-electron chi connectivity index (χ2n) is 3.52. The predicted octanol–water partition coefficient (Wildman–Crippen LogP) is 0.771. The largest absolute Gasteiger partial charge is 0.392 e. The number of hydrogen-bond acceptors (Lipinski definition) is 3. The van der Waals surface area contributed by atoms with Crippen molar-refractivity contribution in [3.05, 3.63) is 0 Å². The summed E-state index contributed by atoms with van der Waals surface area (Å²) in [5.41, 5.74) is 0. The molecule has 14 heavy (non-hydrogen) atoms. The van der Waals surface area contributed by atoms with Gasteiger partial charge in [-0.15, -0.1) is 0 Å². The fourth-order valence-corrected chi connectivity index (χ4v) is 1.67. The van der Waals surface area contributed by atoms with Crippen molar-refractivity contribution in [1.82, 2.24) is 5.32 Å². The number of rotatable bonds is 6. The molecule has 0 unspecified atom stereocenters. The van der Waals surface area contributed by atoms with Gasteiger partial charge in [0.25, 0.3) is 6.43 Å². The molecule has 84 valence electrons. The summed E-state index contributed by atoms with van der Waals surface area (Å²) in [6, 6.07) is 0.116. The zero-order valence-corrected chi connectivity index (χ0v) is 8.09. The first-order valence-corrected chi connectivity index (χ1v) is 4.97. The topological polar surface area (TPSA) is 41.5 Å². The standard InChI is InChI=1S/C9H17F2NO2/c10-9(11)6-14-5-4-12-7-2-1-3-8(7)13/h7-9,12-13H,1-6H2/t7-,8-/m1/s1. The van der Waals surface area contributed by atoms with E-state index in [1.165, 1.54) is 0 Å². The highest BCUT2D eigenvalue weighted by Crippen LogP contribution is 2.18. The smallest absolute Gasteiger partial charge is 0.261 e. The third-order valence-electron chi connectivity index (χ3n) is 2.38. The van der Waals surface area contributed by atoms with Gasteiger partial charge in [0.05, 0.1) is 12.7 Å². The van der Waals surface area contributed by atoms with E-state index in [1.807, 2.05) is 0 Å². The van der Waals surface area contributed by atoms with Gasteiger partial charge in [0.1, 0.15) is 6.61 Å². The molecule has 0 radical (unpaired) electrons. The third kappa shape index (κ3) is 4.30. The Labute approximate surface area is 82.4 Å². The predicted molar refractivity (Wildman–Crippen MR) is 48.5 cm³/mol. The molecule has 5 heteroatoms. The van der Waals surface area contributed by atoms with E-state index < -0.39 is 13.0 Å². The van der Waals surface area contributed by atoms with Crippen molar-refractivity contribution < 1.29 is 18.6 Å². The van der Waals surface area contributed by atoms with Crippen LogP contribution >= 0.6 is 0 Å². The van der Waals surface area contributed by atoms with E-state index in [-0.39, 0.29) is 18.8 Å². The van der Waals surface area contributed by atoms with Crippen LogP contribution in [0.4, 0.5) is 8.78 Å². The van der Waals surface area contributed by atoms with Crippen molar-refractivity contribution in [1.29, 1.82) is 0 Å². The maximum atomic E-state index is 11.6. The number of ether oxygens (including phenoxy) is 1. The number of aliphatic hydroxyl groups is 1. The van der Waals surface area contributed by atoms with Gasteiger partial charge < -0.3 is 15.2 Å². The molecule has 0 saturated heterocycles. The summed E-state index contributed by atoms with van der Waals surface area (Å²) in [4.78, 5) is 0. The number of hydrogen-bond donors (Lipinski definition) is 2. The highest BCUT2D eigenvalue weighted by Gasteiger charge is 2.23. The third-order valence-corrected chi connectivity index (χ3v) is 2.38. The minimum absolute atomic E-state index is 0.116. The fraction of sp³-hybridized carbons (Fsp3) is 1.00. The Morgan fingerprint density at radius 2 is 2.21 bits per heavy atom. The number of aliphatic hydroxyl groups excluding tert-OH is 1. The Morgan fingerprint density at radius 1 is 1.43 bits per heavy atom. The van der Waals surface area contributed by atoms with Gasteiger partial charge in [0.15, 0.2) is 0 Å². The summed E-state index contributed by atoms with van der Waals surface area (Å²) in [5.74, 6) is 0. The van der Waals surface area contributed by atoms with Crippen LogP contribution in [0, 0.1) is 0 Å². The molecule has 0 spiro atoms. The summed E-state index contributed by atoms with van der Waals surface area (Å²) >= 11 is 0. The van der Waals surface area contributed by atoms with Crippen LogP contribution in [0.3, 0.4) is 0 Å². The molecule has 0 heterocycles. The van der Waals surface area contributed by atoms with Gasteiger partial charge in [-0.25, -0.2) is 8.78 Å². The first-order valence-electron chi connectivity index (χ1n) is 4.97. The fourth-order valence-electron chi connectivity index (χ4n) is 1.67. The normalized spacial score (nSPS) is 27.4. The summed E-state index contributed by atoms with van der Waals surface area (Å²) in [6.07, 6.45) is 0.125. The molecule has 1 rings (SSSR count). The molecule has 2 N–H and O–H groups in total. The maximum absolute atomic E-state index is 11.6. The molecule has 0 amide bonds. The van der Waals surface area contributed by atoms with Crippen molar-refractivity contribution >= 4 is 0 Å². The lowest BCUT2D eigenvalue weighted by Crippen LogP contribution is -2.37. The lowest BCUT2D eigenvalue weighted by molar-refractivity contribution is 0.0171. The van der Waals surface area contributed by atoms with Gasteiger partial charge in [-0.05, 0) is 19.3 Å². The van der Waals surface area contributed by atoms with Crippen LogP contribution in [0.2, 0.25) is 0 Å². The van der Waals surface area contributed by atoms with Crippen LogP contribution in [-0.2, 0) is 4.74 Å². The lowest BCUT2D eigenvalue weighted by atomic mass is 10.2. The molecule has 1 aliphatic rings. The zero-order chi connectivity index (χ0) is 10.4. The molecule has 3 nitrogen and oxygen atoms in total. The summed E-state index contributed by atoms with van der Waals surface area (Å²) in [5, 5.41) is 12.5. The highest BCUT2D eigenvalue weighted by atomic mass is 19.3. The van der Waals surface area contributed by atoms with Crippen molar-refractivity contribution in [3.63, 3.8) is 0 Å². The first-order chi connectivity index (χ1) is 6.70. The Kier molecular flexibility index (Phi) is 5.29. The Balaban J connectivity index is 1.93. The van der Waals surface area contributed by atoms with E-state index in [0.717, 1.165) is 19.3 Å². The maximum Gasteiger partial charge on any atom is 0.261 e. The summed E-state index contributed by atoms with van der Waals surface area (Å²) in [6.45, 7) is 0.289. The SMILES string of the molecule is O[C@@H]1CCC[C@H]1NCCOCC(F)F. The average molecular weight is 209 g/mol. The molecule has 0 bridgehead atoms. The van der Waals surface area contributed by atoms with E-state index in [0.29, 0.717) is 6.54 Å². The van der Waals surface area contributed by atoms with Crippen molar-refractivity contribution in [3.8, 4) is 0 Å². The van der Waals surface area contributed by atoms with E-state index in [1.54, 1.807) is 0 Å². The second kappa shape index (κ2) is 6.27. The van der Waals surface area contributed by atoms with E-state index in [9.17, 15) is 13.9 Å². The van der Waals surface area contributed by atoms with Crippen LogP contribution in [0.15, 0.2) is 0 Å². The van der Waals surface area contributed by atoms with E-state index in [2.05, 4.69) is 5.32 Å². The summed E-state index contributed by atoms with van der Waals surface area (Å²) in [7, 11) is 0.